The lowest BCUT2D eigenvalue weighted by molar-refractivity contribution is 0.0985. The highest BCUT2D eigenvalue weighted by Gasteiger charge is 2.28. The van der Waals surface area contributed by atoms with E-state index in [1.54, 1.807) is 42.7 Å². The first-order valence-electron chi connectivity index (χ1n) is 15.9. The predicted octanol–water partition coefficient (Wildman–Crippen LogP) is 5.01. The highest BCUT2D eigenvalue weighted by Crippen LogP contribution is 2.36. The Labute approximate surface area is 269 Å². The molecule has 4 aromatic heterocycles. The van der Waals surface area contributed by atoms with Gasteiger partial charge in [0, 0.05) is 47.2 Å². The van der Waals surface area contributed by atoms with Crippen LogP contribution in [-0.2, 0) is 14.8 Å². The maximum absolute atomic E-state index is 13.7. The van der Waals surface area contributed by atoms with Crippen molar-refractivity contribution in [2.75, 3.05) is 44.8 Å². The molecule has 1 atom stereocenters. The van der Waals surface area contributed by atoms with Gasteiger partial charge in [-0.3, -0.25) is 4.68 Å². The fourth-order valence-corrected chi connectivity index (χ4v) is 8.06. The molecule has 0 radical (unpaired) electrons. The molecule has 0 aliphatic carbocycles. The van der Waals surface area contributed by atoms with E-state index in [9.17, 15) is 8.42 Å². The van der Waals surface area contributed by atoms with Crippen molar-refractivity contribution >= 4 is 26.9 Å². The Morgan fingerprint density at radius 1 is 0.957 bits per heavy atom. The van der Waals surface area contributed by atoms with Gasteiger partial charge in [0.2, 0.25) is 0 Å². The summed E-state index contributed by atoms with van der Waals surface area (Å²) in [4.78, 5) is 19.6. The molecular formula is C34H40N8O3S. The lowest BCUT2D eigenvalue weighted by Crippen LogP contribution is -2.44. The molecule has 0 N–H and O–H groups in total. The molecule has 2 aliphatic heterocycles. The van der Waals surface area contributed by atoms with Crippen LogP contribution in [-0.4, -0.2) is 88.0 Å². The van der Waals surface area contributed by atoms with Gasteiger partial charge in [0.05, 0.1) is 41.6 Å². The fourth-order valence-electron chi connectivity index (χ4n) is 6.75. The summed E-state index contributed by atoms with van der Waals surface area (Å²) in [6.07, 6.45) is 5.30. The molecule has 0 bridgehead atoms. The summed E-state index contributed by atoms with van der Waals surface area (Å²) in [5.74, 6) is 1.31. The number of piperidine rings is 1. The molecular weight excluding hydrogens is 600 g/mol. The standard InChI is InChI=1S/C34H40N8O3S/c1-22-6-8-27(9-7-22)46(43,44)41-17-13-29-28(10-14-35-34(29)41)33-36-30(20-31(37-33)40-18-19-45-21-23(40)2)32-24(3)38-42(25(32)4)26-11-15-39(5)16-12-26/h6-10,13-14,17,20,23,26H,11-12,15-16,18-19,21H2,1-5H3/t23-/m1/s1. The number of pyridine rings is 1. The Balaban J connectivity index is 1.37. The minimum absolute atomic E-state index is 0.131. The summed E-state index contributed by atoms with van der Waals surface area (Å²) in [5.41, 5.74) is 5.85. The Morgan fingerprint density at radius 3 is 2.46 bits per heavy atom. The van der Waals surface area contributed by atoms with E-state index in [-0.39, 0.29) is 10.9 Å². The average molecular weight is 641 g/mol. The number of aryl methyl sites for hydroxylation is 2. The topological polar surface area (TPSA) is 111 Å². The van der Waals surface area contributed by atoms with Crippen molar-refractivity contribution in [1.82, 2.24) is 33.6 Å². The molecule has 12 heteroatoms. The van der Waals surface area contributed by atoms with Crippen LogP contribution in [0.1, 0.15) is 42.8 Å². The van der Waals surface area contributed by atoms with Crippen molar-refractivity contribution in [1.29, 1.82) is 0 Å². The second kappa shape index (κ2) is 11.9. The molecule has 2 aliphatic rings. The Morgan fingerprint density at radius 2 is 1.72 bits per heavy atom. The third-order valence-electron chi connectivity index (χ3n) is 9.36. The number of anilines is 1. The van der Waals surface area contributed by atoms with Gasteiger partial charge in [-0.1, -0.05) is 17.7 Å². The number of likely N-dealkylation sites (tertiary alicyclic amines) is 1. The van der Waals surface area contributed by atoms with Crippen LogP contribution in [0.3, 0.4) is 0 Å². The summed E-state index contributed by atoms with van der Waals surface area (Å²) in [6.45, 7) is 12.3. The zero-order valence-corrected chi connectivity index (χ0v) is 27.8. The molecule has 7 rings (SSSR count). The van der Waals surface area contributed by atoms with Crippen LogP contribution in [0, 0.1) is 20.8 Å². The highest BCUT2D eigenvalue weighted by molar-refractivity contribution is 7.90. The van der Waals surface area contributed by atoms with E-state index >= 15 is 0 Å². The minimum atomic E-state index is -3.87. The second-order valence-electron chi connectivity index (χ2n) is 12.6. The fraction of sp³-hybridized carbons (Fsp3) is 0.412. The molecule has 11 nitrogen and oxygen atoms in total. The summed E-state index contributed by atoms with van der Waals surface area (Å²) in [5, 5.41) is 5.69. The van der Waals surface area contributed by atoms with Crippen LogP contribution in [0.15, 0.2) is 59.8 Å². The molecule has 240 valence electrons. The first kappa shape index (κ1) is 30.5. The largest absolute Gasteiger partial charge is 0.377 e. The number of rotatable bonds is 6. The van der Waals surface area contributed by atoms with Gasteiger partial charge in [0.25, 0.3) is 10.0 Å². The molecule has 46 heavy (non-hydrogen) atoms. The zero-order valence-electron chi connectivity index (χ0n) is 27.0. The highest BCUT2D eigenvalue weighted by atomic mass is 32.2. The Bertz CT molecular complexity index is 2010. The SMILES string of the molecule is Cc1ccc(S(=O)(=O)n2ccc3c(-c4nc(-c5c(C)nn(C6CCN(C)CC6)c5C)cc(N5CCOC[C@H]5C)n4)ccnc32)cc1. The first-order chi connectivity index (χ1) is 22.1. The van der Waals surface area contributed by atoms with E-state index in [2.05, 4.69) is 46.4 Å². The van der Waals surface area contributed by atoms with Crippen LogP contribution >= 0.6 is 0 Å². The number of fused-ring (bicyclic) bond motifs is 1. The van der Waals surface area contributed by atoms with Gasteiger partial charge in [0.15, 0.2) is 11.5 Å². The second-order valence-corrected chi connectivity index (χ2v) is 14.4. The van der Waals surface area contributed by atoms with Crippen LogP contribution in [0.25, 0.3) is 33.7 Å². The third kappa shape index (κ3) is 5.37. The van der Waals surface area contributed by atoms with Crippen molar-refractivity contribution in [3.63, 3.8) is 0 Å². The summed E-state index contributed by atoms with van der Waals surface area (Å²) in [6, 6.07) is 13.0. The quantitative estimate of drug-likeness (QED) is 0.253. The van der Waals surface area contributed by atoms with E-state index in [0.717, 1.165) is 60.0 Å². The Hall–Kier alpha value is -4.13. The van der Waals surface area contributed by atoms with Gasteiger partial charge in [-0.15, -0.1) is 0 Å². The van der Waals surface area contributed by atoms with Crippen molar-refractivity contribution in [2.24, 2.45) is 0 Å². The van der Waals surface area contributed by atoms with Crippen molar-refractivity contribution in [3.8, 4) is 22.6 Å². The number of aromatic nitrogens is 6. The maximum atomic E-state index is 13.7. The molecule has 2 fully saturated rings. The summed E-state index contributed by atoms with van der Waals surface area (Å²) >= 11 is 0. The van der Waals surface area contributed by atoms with Crippen molar-refractivity contribution in [2.45, 2.75) is 57.5 Å². The van der Waals surface area contributed by atoms with E-state index in [1.807, 2.05) is 19.9 Å². The van der Waals surface area contributed by atoms with E-state index < -0.39 is 10.0 Å². The summed E-state index contributed by atoms with van der Waals surface area (Å²) < 4.78 is 36.6. The summed E-state index contributed by atoms with van der Waals surface area (Å²) in [7, 11) is -1.70. The number of nitrogens with zero attached hydrogens (tertiary/aromatic N) is 8. The molecule has 0 saturated carbocycles. The number of hydrogen-bond donors (Lipinski definition) is 0. The molecule has 0 spiro atoms. The predicted molar refractivity (Wildman–Crippen MR) is 179 cm³/mol. The van der Waals surface area contributed by atoms with Crippen molar-refractivity contribution in [3.05, 3.63) is 71.8 Å². The monoisotopic (exact) mass is 640 g/mol. The molecule has 6 heterocycles. The van der Waals surface area contributed by atoms with Crippen LogP contribution in [0.5, 0.6) is 0 Å². The number of hydrogen-bond acceptors (Lipinski definition) is 9. The lowest BCUT2D eigenvalue weighted by Gasteiger charge is -2.34. The molecule has 5 aromatic rings. The van der Waals surface area contributed by atoms with Gasteiger partial charge in [-0.05, 0) is 84.9 Å². The number of morpholine rings is 1. The average Bonchev–Trinajstić information content (AvgIpc) is 3.62. The number of ether oxygens (including phenoxy) is 1. The van der Waals surface area contributed by atoms with Gasteiger partial charge in [-0.25, -0.2) is 27.3 Å². The number of benzene rings is 1. The van der Waals surface area contributed by atoms with Crippen molar-refractivity contribution < 1.29 is 13.2 Å². The van der Waals surface area contributed by atoms with Gasteiger partial charge in [-0.2, -0.15) is 5.10 Å². The third-order valence-corrected chi connectivity index (χ3v) is 11.0. The van der Waals surface area contributed by atoms with E-state index in [4.69, 9.17) is 19.8 Å². The van der Waals surface area contributed by atoms with Crippen LogP contribution < -0.4 is 4.90 Å². The Kier molecular flexibility index (Phi) is 7.90. The van der Waals surface area contributed by atoms with E-state index in [1.165, 1.54) is 3.97 Å². The van der Waals surface area contributed by atoms with Crippen LogP contribution in [0.4, 0.5) is 5.82 Å². The molecule has 2 saturated heterocycles. The molecule has 0 unspecified atom stereocenters. The first-order valence-corrected chi connectivity index (χ1v) is 17.3. The lowest BCUT2D eigenvalue weighted by atomic mass is 10.0. The van der Waals surface area contributed by atoms with Gasteiger partial charge in [0.1, 0.15) is 5.82 Å². The van der Waals surface area contributed by atoms with Gasteiger partial charge >= 0.3 is 0 Å². The zero-order chi connectivity index (χ0) is 32.2. The smallest absolute Gasteiger partial charge is 0.269 e. The van der Waals surface area contributed by atoms with Gasteiger partial charge < -0.3 is 14.5 Å². The molecule has 0 amide bonds. The van der Waals surface area contributed by atoms with E-state index in [0.29, 0.717) is 48.2 Å². The molecule has 1 aromatic carbocycles. The van der Waals surface area contributed by atoms with Crippen LogP contribution in [0.2, 0.25) is 0 Å². The normalized spacial score (nSPS) is 18.5. The maximum Gasteiger partial charge on any atom is 0.269 e. The minimum Gasteiger partial charge on any atom is -0.377 e.